The van der Waals surface area contributed by atoms with E-state index in [0.29, 0.717) is 0 Å². The summed E-state index contributed by atoms with van der Waals surface area (Å²) < 4.78 is 0. The van der Waals surface area contributed by atoms with Gasteiger partial charge in [-0.15, -0.1) is 0 Å². The molecule has 0 heterocycles. The largest absolute Gasteiger partial charge is 2.00 e. The maximum Gasteiger partial charge on any atom is 2.00 e. The number of carboxylic acid groups (broad SMARTS) is 2. The average molecular weight is 357 g/mol. The van der Waals surface area contributed by atoms with Crippen molar-refractivity contribution in [3.63, 3.8) is 0 Å². The SMILES string of the molecule is CC(C(=O)[O-])c1ccccc1.CC(C(=O)[O-])c1ccccc1.[Co+2]. The van der Waals surface area contributed by atoms with Crippen LogP contribution in [0.15, 0.2) is 60.7 Å². The topological polar surface area (TPSA) is 80.3 Å². The summed E-state index contributed by atoms with van der Waals surface area (Å²) in [5.74, 6) is -3.10. The quantitative estimate of drug-likeness (QED) is 0.820. The van der Waals surface area contributed by atoms with Crippen LogP contribution < -0.4 is 10.2 Å². The van der Waals surface area contributed by atoms with E-state index in [0.717, 1.165) is 11.1 Å². The normalized spacial score (nSPS) is 11.9. The van der Waals surface area contributed by atoms with Crippen LogP contribution >= 0.6 is 0 Å². The Labute approximate surface area is 146 Å². The van der Waals surface area contributed by atoms with Crippen LogP contribution in [0.1, 0.15) is 36.8 Å². The molecular weight excluding hydrogens is 339 g/mol. The summed E-state index contributed by atoms with van der Waals surface area (Å²) in [6, 6.07) is 18.1. The molecule has 0 aliphatic heterocycles. The molecule has 2 rings (SSSR count). The molecule has 4 nitrogen and oxygen atoms in total. The molecule has 2 aromatic carbocycles. The van der Waals surface area contributed by atoms with Crippen molar-refractivity contribution in [3.8, 4) is 0 Å². The third-order valence-electron chi connectivity index (χ3n) is 3.31. The fraction of sp³-hybridized carbons (Fsp3) is 0.222. The molecule has 0 fully saturated rings. The number of carbonyl (C=O) groups is 2. The predicted molar refractivity (Wildman–Crippen MR) is 79.7 cm³/mol. The van der Waals surface area contributed by atoms with Crippen LogP contribution in [0.25, 0.3) is 0 Å². The van der Waals surface area contributed by atoms with E-state index in [1.54, 1.807) is 38.1 Å². The van der Waals surface area contributed by atoms with Gasteiger partial charge in [0.25, 0.3) is 0 Å². The van der Waals surface area contributed by atoms with E-state index in [-0.39, 0.29) is 16.8 Å². The number of aliphatic carboxylic acids is 2. The summed E-state index contributed by atoms with van der Waals surface area (Å²) in [7, 11) is 0. The van der Waals surface area contributed by atoms with Crippen LogP contribution in [-0.4, -0.2) is 11.9 Å². The number of carboxylic acids is 2. The van der Waals surface area contributed by atoms with Gasteiger partial charge in [-0.1, -0.05) is 74.5 Å². The van der Waals surface area contributed by atoms with Crippen molar-refractivity contribution in [1.82, 2.24) is 0 Å². The molecule has 0 saturated carbocycles. The predicted octanol–water partition coefficient (Wildman–Crippen LogP) is 1.08. The molecule has 2 aromatic rings. The van der Waals surface area contributed by atoms with Crippen molar-refractivity contribution in [2.45, 2.75) is 25.7 Å². The molecule has 2 unspecified atom stereocenters. The Morgan fingerprint density at radius 1 is 0.696 bits per heavy atom. The van der Waals surface area contributed by atoms with Gasteiger partial charge in [0, 0.05) is 23.8 Å². The average Bonchev–Trinajstić information content (AvgIpc) is 2.55. The standard InChI is InChI=1S/2C9H10O2.Co/c2*1-7(9(10)11)8-5-3-2-4-6-8;/h2*2-7H,1H3,(H,10,11);/q;;+2/p-2. The smallest absolute Gasteiger partial charge is 0.550 e. The first kappa shape index (κ1) is 20.9. The number of hydrogen-bond donors (Lipinski definition) is 0. The summed E-state index contributed by atoms with van der Waals surface area (Å²) in [5.41, 5.74) is 1.57. The van der Waals surface area contributed by atoms with Gasteiger partial charge in [-0.25, -0.2) is 0 Å². The second kappa shape index (κ2) is 10.6. The van der Waals surface area contributed by atoms with E-state index in [9.17, 15) is 19.8 Å². The molecule has 23 heavy (non-hydrogen) atoms. The van der Waals surface area contributed by atoms with Gasteiger partial charge >= 0.3 is 16.8 Å². The van der Waals surface area contributed by atoms with Crippen LogP contribution in [0.4, 0.5) is 0 Å². The molecule has 0 amide bonds. The third kappa shape index (κ3) is 7.12. The summed E-state index contributed by atoms with van der Waals surface area (Å²) >= 11 is 0. The Morgan fingerprint density at radius 3 is 1.17 bits per heavy atom. The number of rotatable bonds is 4. The van der Waals surface area contributed by atoms with Gasteiger partial charge in [0.15, 0.2) is 0 Å². The van der Waals surface area contributed by atoms with E-state index < -0.39 is 23.8 Å². The Kier molecular flexibility index (Phi) is 9.61. The van der Waals surface area contributed by atoms with Crippen molar-refractivity contribution >= 4 is 11.9 Å². The molecule has 0 saturated heterocycles. The molecule has 0 bridgehead atoms. The number of carbonyl (C=O) groups excluding carboxylic acids is 2. The van der Waals surface area contributed by atoms with Crippen LogP contribution in [-0.2, 0) is 26.4 Å². The van der Waals surface area contributed by atoms with Gasteiger partial charge < -0.3 is 19.8 Å². The van der Waals surface area contributed by atoms with Crippen molar-refractivity contribution in [1.29, 1.82) is 0 Å². The van der Waals surface area contributed by atoms with Crippen molar-refractivity contribution < 1.29 is 36.6 Å². The van der Waals surface area contributed by atoms with Crippen molar-refractivity contribution in [3.05, 3.63) is 71.8 Å². The summed E-state index contributed by atoms with van der Waals surface area (Å²) in [4.78, 5) is 20.8. The number of benzene rings is 2. The van der Waals surface area contributed by atoms with Crippen LogP contribution in [0, 0.1) is 0 Å². The third-order valence-corrected chi connectivity index (χ3v) is 3.31. The minimum absolute atomic E-state index is 0. The van der Waals surface area contributed by atoms with Crippen molar-refractivity contribution in [2.75, 3.05) is 0 Å². The zero-order valence-electron chi connectivity index (χ0n) is 12.9. The second-order valence-electron chi connectivity index (χ2n) is 4.90. The zero-order valence-corrected chi connectivity index (χ0v) is 13.9. The Bertz CT molecular complexity index is 543. The molecule has 123 valence electrons. The van der Waals surface area contributed by atoms with E-state index in [1.807, 2.05) is 36.4 Å². The van der Waals surface area contributed by atoms with E-state index in [4.69, 9.17) is 0 Å². The Balaban J connectivity index is 0.000000403. The van der Waals surface area contributed by atoms with Crippen LogP contribution in [0.2, 0.25) is 0 Å². The maximum atomic E-state index is 10.4. The van der Waals surface area contributed by atoms with Gasteiger partial charge in [0.1, 0.15) is 0 Å². The molecule has 2 atom stereocenters. The van der Waals surface area contributed by atoms with Gasteiger partial charge in [0.05, 0.1) is 0 Å². The Hall–Kier alpha value is -2.11. The minimum atomic E-state index is -1.03. The van der Waals surface area contributed by atoms with Gasteiger partial charge in [0.2, 0.25) is 0 Å². The fourth-order valence-corrected chi connectivity index (χ4v) is 1.76. The van der Waals surface area contributed by atoms with Gasteiger partial charge in [-0.05, 0) is 11.1 Å². The molecule has 0 spiro atoms. The Morgan fingerprint density at radius 2 is 0.957 bits per heavy atom. The molecule has 1 radical (unpaired) electrons. The zero-order chi connectivity index (χ0) is 16.5. The van der Waals surface area contributed by atoms with Crippen LogP contribution in [0.3, 0.4) is 0 Å². The first-order valence-electron chi connectivity index (χ1n) is 6.95. The summed E-state index contributed by atoms with van der Waals surface area (Å²) in [6.07, 6.45) is 0. The van der Waals surface area contributed by atoms with Crippen LogP contribution in [0.5, 0.6) is 0 Å². The molecule has 5 heteroatoms. The first-order valence-corrected chi connectivity index (χ1v) is 6.95. The van der Waals surface area contributed by atoms with Gasteiger partial charge in [-0.2, -0.15) is 0 Å². The fourth-order valence-electron chi connectivity index (χ4n) is 1.76. The number of hydrogen-bond acceptors (Lipinski definition) is 4. The van der Waals surface area contributed by atoms with Crippen molar-refractivity contribution in [2.24, 2.45) is 0 Å². The maximum absolute atomic E-state index is 10.4. The monoisotopic (exact) mass is 357 g/mol. The molecular formula is C18H18CoO4. The molecule has 0 aromatic heterocycles. The van der Waals surface area contributed by atoms with E-state index in [2.05, 4.69) is 0 Å². The van der Waals surface area contributed by atoms with E-state index in [1.165, 1.54) is 0 Å². The minimum Gasteiger partial charge on any atom is -0.550 e. The second-order valence-corrected chi connectivity index (χ2v) is 4.90. The molecule has 0 aliphatic carbocycles. The summed E-state index contributed by atoms with van der Waals surface area (Å²) in [5, 5.41) is 20.8. The van der Waals surface area contributed by atoms with Gasteiger partial charge in [-0.3, -0.25) is 0 Å². The molecule has 0 N–H and O–H groups in total. The molecule has 0 aliphatic rings. The first-order chi connectivity index (χ1) is 10.4. The van der Waals surface area contributed by atoms with E-state index >= 15 is 0 Å². The summed E-state index contributed by atoms with van der Waals surface area (Å²) in [6.45, 7) is 3.23.